The van der Waals surface area contributed by atoms with E-state index in [1.54, 1.807) is 12.0 Å². The molecule has 1 aromatic carbocycles. The summed E-state index contributed by atoms with van der Waals surface area (Å²) in [7, 11) is 2.98. The van der Waals surface area contributed by atoms with Gasteiger partial charge in [-0.15, -0.1) is 0 Å². The van der Waals surface area contributed by atoms with Crippen molar-refractivity contribution in [1.82, 2.24) is 4.90 Å². The van der Waals surface area contributed by atoms with Gasteiger partial charge in [-0.3, -0.25) is 0 Å². The quantitative estimate of drug-likeness (QED) is 0.752. The Morgan fingerprint density at radius 3 is 2.58 bits per heavy atom. The first kappa shape index (κ1) is 18.5. The van der Waals surface area contributed by atoms with Crippen molar-refractivity contribution < 1.29 is 23.8 Å². The molecule has 1 saturated heterocycles. The molecule has 1 aliphatic heterocycles. The molecule has 0 bridgehead atoms. The van der Waals surface area contributed by atoms with Crippen LogP contribution in [0.15, 0.2) is 18.2 Å². The molecule has 3 rings (SSSR count). The Kier molecular flexibility index (Phi) is 5.39. The highest BCUT2D eigenvalue weighted by atomic mass is 16.5. The van der Waals surface area contributed by atoms with Crippen molar-refractivity contribution >= 4 is 12.4 Å². The van der Waals surface area contributed by atoms with Gasteiger partial charge >= 0.3 is 6.09 Å². The predicted molar refractivity (Wildman–Crippen MR) is 96.8 cm³/mol. The van der Waals surface area contributed by atoms with E-state index in [9.17, 15) is 9.59 Å². The zero-order valence-electron chi connectivity index (χ0n) is 15.7. The van der Waals surface area contributed by atoms with Crippen molar-refractivity contribution in [3.8, 4) is 11.5 Å². The Morgan fingerprint density at radius 2 is 1.96 bits per heavy atom. The molecule has 26 heavy (non-hydrogen) atoms. The lowest BCUT2D eigenvalue weighted by Gasteiger charge is -2.25. The van der Waals surface area contributed by atoms with Crippen molar-refractivity contribution in [3.63, 3.8) is 0 Å². The van der Waals surface area contributed by atoms with E-state index >= 15 is 0 Å². The second-order valence-electron chi connectivity index (χ2n) is 7.46. The highest BCUT2D eigenvalue weighted by Gasteiger charge is 2.46. The lowest BCUT2D eigenvalue weighted by molar-refractivity contribution is -0.115. The zero-order valence-corrected chi connectivity index (χ0v) is 15.7. The van der Waals surface area contributed by atoms with Gasteiger partial charge in [-0.1, -0.05) is 13.0 Å². The third kappa shape index (κ3) is 3.50. The predicted octanol–water partition coefficient (Wildman–Crippen LogP) is 3.39. The van der Waals surface area contributed by atoms with Crippen LogP contribution in [0.5, 0.6) is 11.5 Å². The molecule has 1 amide bonds. The molecule has 142 valence electrons. The first-order chi connectivity index (χ1) is 12.5. The van der Waals surface area contributed by atoms with Crippen LogP contribution in [0, 0.1) is 5.41 Å². The maximum atomic E-state index is 11.9. The highest BCUT2D eigenvalue weighted by Crippen LogP contribution is 2.44. The minimum atomic E-state index is -0.659. The van der Waals surface area contributed by atoms with E-state index in [0.717, 1.165) is 24.7 Å². The number of rotatable bonds is 5. The maximum absolute atomic E-state index is 11.9. The second kappa shape index (κ2) is 7.56. The number of nitrogens with zero attached hydrogens (tertiary/aromatic N) is 1. The van der Waals surface area contributed by atoms with Gasteiger partial charge in [0.25, 0.3) is 0 Å². The normalized spacial score (nSPS) is 26.0. The molecule has 0 radical (unpaired) electrons. The number of hydrogen-bond acceptors (Lipinski definition) is 5. The molecular weight excluding hydrogens is 334 g/mol. The van der Waals surface area contributed by atoms with Gasteiger partial charge in [0, 0.05) is 24.4 Å². The fourth-order valence-corrected chi connectivity index (χ4v) is 4.08. The van der Waals surface area contributed by atoms with Crippen LogP contribution in [0.3, 0.4) is 0 Å². The summed E-state index contributed by atoms with van der Waals surface area (Å²) in [6, 6.07) is 5.80. The Labute approximate surface area is 154 Å². The van der Waals surface area contributed by atoms with Crippen LogP contribution in [-0.4, -0.2) is 50.7 Å². The first-order valence-corrected chi connectivity index (χ1v) is 9.14. The van der Waals surface area contributed by atoms with Crippen LogP contribution in [0.4, 0.5) is 4.79 Å². The molecule has 2 atom stereocenters. The number of ether oxygens (including phenoxy) is 3. The fourth-order valence-electron chi connectivity index (χ4n) is 4.08. The zero-order chi connectivity index (χ0) is 18.7. The Morgan fingerprint density at radius 1 is 1.23 bits per heavy atom. The summed E-state index contributed by atoms with van der Waals surface area (Å²) in [4.78, 5) is 25.3. The monoisotopic (exact) mass is 361 g/mol. The van der Waals surface area contributed by atoms with Gasteiger partial charge in [-0.25, -0.2) is 4.79 Å². The van der Waals surface area contributed by atoms with Gasteiger partial charge in [0.15, 0.2) is 11.5 Å². The molecule has 2 fully saturated rings. The third-order valence-electron chi connectivity index (χ3n) is 5.62. The summed E-state index contributed by atoms with van der Waals surface area (Å²) in [6.07, 6.45) is 5.24. The molecule has 0 spiro atoms. The van der Waals surface area contributed by atoms with Crippen LogP contribution in [0.2, 0.25) is 0 Å². The van der Waals surface area contributed by atoms with E-state index in [2.05, 4.69) is 0 Å². The summed E-state index contributed by atoms with van der Waals surface area (Å²) >= 11 is 0. The topological polar surface area (TPSA) is 65.1 Å². The molecule has 0 unspecified atom stereocenters. The van der Waals surface area contributed by atoms with Gasteiger partial charge in [0.1, 0.15) is 6.29 Å². The Balaban J connectivity index is 1.89. The Bertz CT molecular complexity index is 670. The maximum Gasteiger partial charge on any atom is 0.409 e. The van der Waals surface area contributed by atoms with E-state index in [1.807, 2.05) is 25.1 Å². The fraction of sp³-hybridized carbons (Fsp3) is 0.600. The van der Waals surface area contributed by atoms with E-state index in [-0.39, 0.29) is 12.0 Å². The van der Waals surface area contributed by atoms with Crippen molar-refractivity contribution in [2.24, 2.45) is 5.41 Å². The second-order valence-corrected chi connectivity index (χ2v) is 7.46. The highest BCUT2D eigenvalue weighted by molar-refractivity contribution is 5.72. The molecule has 2 aliphatic rings. The number of carbonyl (C=O) groups is 2. The largest absolute Gasteiger partial charge is 0.493 e. The Hall–Kier alpha value is -2.24. The van der Waals surface area contributed by atoms with Crippen LogP contribution < -0.4 is 9.47 Å². The number of likely N-dealkylation sites (tertiary alicyclic amines) is 1. The van der Waals surface area contributed by atoms with Gasteiger partial charge in [-0.05, 0) is 43.4 Å². The lowest BCUT2D eigenvalue weighted by atomic mass is 9.77. The summed E-state index contributed by atoms with van der Waals surface area (Å²) in [6.45, 7) is 2.67. The summed E-state index contributed by atoms with van der Waals surface area (Å²) in [5.41, 5.74) is 0.313. The minimum Gasteiger partial charge on any atom is -0.493 e. The standard InChI is InChI=1S/C20H27NO5/c1-20(13-22)12-21(19(23)25-3)11-16(20)14-8-9-17(24-2)18(10-14)26-15-6-4-5-7-15/h8-10,13,15-16H,4-7,11-12H2,1-3H3/t16-,20-/m0/s1. The smallest absolute Gasteiger partial charge is 0.409 e. The van der Waals surface area contributed by atoms with Crippen molar-refractivity contribution in [3.05, 3.63) is 23.8 Å². The third-order valence-corrected chi connectivity index (χ3v) is 5.62. The average Bonchev–Trinajstić information content (AvgIpc) is 3.29. The van der Waals surface area contributed by atoms with E-state index in [0.29, 0.717) is 24.6 Å². The van der Waals surface area contributed by atoms with E-state index in [1.165, 1.54) is 20.0 Å². The van der Waals surface area contributed by atoms with Crippen LogP contribution in [0.1, 0.15) is 44.1 Å². The van der Waals surface area contributed by atoms with Gasteiger partial charge in [0.2, 0.25) is 0 Å². The number of amides is 1. The van der Waals surface area contributed by atoms with Gasteiger partial charge in [0.05, 0.1) is 20.3 Å². The summed E-state index contributed by atoms with van der Waals surface area (Å²) in [5, 5.41) is 0. The van der Waals surface area contributed by atoms with Crippen molar-refractivity contribution in [1.29, 1.82) is 0 Å². The molecule has 1 heterocycles. The SMILES string of the molecule is COC(=O)N1C[C@@H](c2ccc(OC)c(OC3CCCC3)c2)[C@](C)(C=O)C1. The molecule has 1 saturated carbocycles. The lowest BCUT2D eigenvalue weighted by Crippen LogP contribution is -2.31. The van der Waals surface area contributed by atoms with Crippen LogP contribution in [0.25, 0.3) is 0 Å². The van der Waals surface area contributed by atoms with Crippen molar-refractivity contribution in [2.75, 3.05) is 27.3 Å². The van der Waals surface area contributed by atoms with Gasteiger partial charge in [-0.2, -0.15) is 0 Å². The molecule has 1 aliphatic carbocycles. The number of carbonyl (C=O) groups excluding carboxylic acids is 2. The molecule has 6 heteroatoms. The van der Waals surface area contributed by atoms with Crippen LogP contribution in [-0.2, 0) is 9.53 Å². The molecule has 6 nitrogen and oxygen atoms in total. The number of hydrogen-bond donors (Lipinski definition) is 0. The summed E-state index contributed by atoms with van der Waals surface area (Å²) < 4.78 is 16.5. The number of benzene rings is 1. The molecule has 0 aromatic heterocycles. The van der Waals surface area contributed by atoms with Crippen molar-refractivity contribution in [2.45, 2.75) is 44.6 Å². The first-order valence-electron chi connectivity index (χ1n) is 9.14. The average molecular weight is 361 g/mol. The van der Waals surface area contributed by atoms with Gasteiger partial charge < -0.3 is 23.9 Å². The van der Waals surface area contributed by atoms with E-state index < -0.39 is 11.5 Å². The molecule has 1 aromatic rings. The van der Waals surface area contributed by atoms with E-state index in [4.69, 9.17) is 14.2 Å². The molecule has 0 N–H and O–H groups in total. The number of aldehydes is 1. The number of methoxy groups -OCH3 is 2. The minimum absolute atomic E-state index is 0.115. The molecular formula is C20H27NO5. The summed E-state index contributed by atoms with van der Waals surface area (Å²) in [5.74, 6) is 1.29. The van der Waals surface area contributed by atoms with Crippen LogP contribution >= 0.6 is 0 Å².